The van der Waals surface area contributed by atoms with Crippen molar-refractivity contribution in [3.05, 3.63) is 29.8 Å². The summed E-state index contributed by atoms with van der Waals surface area (Å²) in [4.78, 5) is 12.1. The van der Waals surface area contributed by atoms with Gasteiger partial charge in [0.1, 0.15) is 0 Å². The van der Waals surface area contributed by atoms with Crippen LogP contribution in [-0.2, 0) is 11.2 Å². The molecule has 1 aromatic rings. The summed E-state index contributed by atoms with van der Waals surface area (Å²) in [7, 11) is 0. The second-order valence-corrected chi connectivity index (χ2v) is 6.35. The Morgan fingerprint density at radius 3 is 2.39 bits per heavy atom. The standard InChI is InChI=1S/C15H22BrNO/c1-4-13(16)10-12-5-7-14(8-6-12)17-15(18)9-11(2)3/h5-8,11,13H,4,9-10H2,1-3H3,(H,17,18). The number of anilines is 1. The molecule has 0 spiro atoms. The van der Waals surface area contributed by atoms with Gasteiger partial charge in [-0.25, -0.2) is 0 Å². The third-order valence-electron chi connectivity index (χ3n) is 2.73. The van der Waals surface area contributed by atoms with Gasteiger partial charge in [0.2, 0.25) is 5.91 Å². The first-order valence-electron chi connectivity index (χ1n) is 6.54. The Kier molecular flexibility index (Phi) is 6.41. The van der Waals surface area contributed by atoms with Gasteiger partial charge in [0, 0.05) is 16.9 Å². The molecule has 1 N–H and O–H groups in total. The summed E-state index contributed by atoms with van der Waals surface area (Å²) >= 11 is 3.63. The number of benzene rings is 1. The molecule has 3 heteroatoms. The van der Waals surface area contributed by atoms with Crippen LogP contribution in [0.2, 0.25) is 0 Å². The molecule has 2 nitrogen and oxygen atoms in total. The molecule has 0 saturated heterocycles. The molecule has 18 heavy (non-hydrogen) atoms. The van der Waals surface area contributed by atoms with Crippen LogP contribution in [0.15, 0.2) is 24.3 Å². The monoisotopic (exact) mass is 311 g/mol. The molecule has 0 heterocycles. The molecule has 0 bridgehead atoms. The van der Waals surface area contributed by atoms with E-state index in [2.05, 4.69) is 40.3 Å². The predicted molar refractivity (Wildman–Crippen MR) is 81.2 cm³/mol. The van der Waals surface area contributed by atoms with Gasteiger partial charge in [-0.2, -0.15) is 0 Å². The van der Waals surface area contributed by atoms with Gasteiger partial charge in [0.25, 0.3) is 0 Å². The molecular formula is C15H22BrNO. The van der Waals surface area contributed by atoms with Crippen molar-refractivity contribution >= 4 is 27.5 Å². The van der Waals surface area contributed by atoms with E-state index in [0.717, 1.165) is 18.5 Å². The van der Waals surface area contributed by atoms with E-state index in [4.69, 9.17) is 0 Å². The van der Waals surface area contributed by atoms with Crippen LogP contribution in [0.1, 0.15) is 39.2 Å². The van der Waals surface area contributed by atoms with E-state index in [1.807, 2.05) is 26.0 Å². The zero-order chi connectivity index (χ0) is 13.5. The van der Waals surface area contributed by atoms with Crippen LogP contribution < -0.4 is 5.32 Å². The minimum atomic E-state index is 0.0877. The van der Waals surface area contributed by atoms with Gasteiger partial charge in [0.15, 0.2) is 0 Å². The maximum atomic E-state index is 11.6. The van der Waals surface area contributed by atoms with Crippen LogP contribution in [-0.4, -0.2) is 10.7 Å². The van der Waals surface area contributed by atoms with Crippen LogP contribution >= 0.6 is 15.9 Å². The highest BCUT2D eigenvalue weighted by molar-refractivity contribution is 9.09. The molecule has 0 radical (unpaired) electrons. The lowest BCUT2D eigenvalue weighted by Crippen LogP contribution is -2.13. The van der Waals surface area contributed by atoms with E-state index in [0.29, 0.717) is 17.2 Å². The van der Waals surface area contributed by atoms with E-state index in [-0.39, 0.29) is 5.91 Å². The molecule has 1 atom stereocenters. The number of halogens is 1. The number of hydrogen-bond acceptors (Lipinski definition) is 1. The molecule has 1 rings (SSSR count). The Morgan fingerprint density at radius 1 is 1.28 bits per heavy atom. The van der Waals surface area contributed by atoms with Crippen molar-refractivity contribution in [1.29, 1.82) is 0 Å². The van der Waals surface area contributed by atoms with Crippen LogP contribution in [0.3, 0.4) is 0 Å². The number of rotatable bonds is 6. The Morgan fingerprint density at radius 2 is 1.89 bits per heavy atom. The first-order chi connectivity index (χ1) is 8.51. The van der Waals surface area contributed by atoms with Crippen molar-refractivity contribution in [1.82, 2.24) is 0 Å². The molecule has 1 unspecified atom stereocenters. The molecular weight excluding hydrogens is 290 g/mol. The summed E-state index contributed by atoms with van der Waals surface area (Å²) in [6, 6.07) is 8.11. The molecule has 0 aromatic heterocycles. The smallest absolute Gasteiger partial charge is 0.224 e. The maximum absolute atomic E-state index is 11.6. The Balaban J connectivity index is 2.52. The predicted octanol–water partition coefficient (Wildman–Crippen LogP) is 4.39. The third kappa shape index (κ3) is 5.67. The van der Waals surface area contributed by atoms with E-state index < -0.39 is 0 Å². The first kappa shape index (κ1) is 15.2. The lowest BCUT2D eigenvalue weighted by molar-refractivity contribution is -0.116. The number of amides is 1. The normalized spacial score (nSPS) is 12.5. The third-order valence-corrected chi connectivity index (χ3v) is 3.70. The molecule has 1 amide bonds. The average molecular weight is 312 g/mol. The fraction of sp³-hybridized carbons (Fsp3) is 0.533. The van der Waals surface area contributed by atoms with Crippen molar-refractivity contribution in [2.45, 2.75) is 44.9 Å². The van der Waals surface area contributed by atoms with Crippen molar-refractivity contribution < 1.29 is 4.79 Å². The van der Waals surface area contributed by atoms with Crippen molar-refractivity contribution in [2.24, 2.45) is 5.92 Å². The highest BCUT2D eigenvalue weighted by Gasteiger charge is 2.06. The SMILES string of the molecule is CCC(Br)Cc1ccc(NC(=O)CC(C)C)cc1. The summed E-state index contributed by atoms with van der Waals surface area (Å²) in [5, 5.41) is 2.92. The fourth-order valence-electron chi connectivity index (χ4n) is 1.71. The summed E-state index contributed by atoms with van der Waals surface area (Å²) in [5.74, 6) is 0.479. The van der Waals surface area contributed by atoms with E-state index in [9.17, 15) is 4.79 Å². The Hall–Kier alpha value is -0.830. The summed E-state index contributed by atoms with van der Waals surface area (Å²) < 4.78 is 0. The topological polar surface area (TPSA) is 29.1 Å². The second-order valence-electron chi connectivity index (χ2n) is 5.05. The number of carbonyl (C=O) groups is 1. The average Bonchev–Trinajstić information content (AvgIpc) is 2.30. The number of hydrogen-bond donors (Lipinski definition) is 1. The first-order valence-corrected chi connectivity index (χ1v) is 7.45. The van der Waals surface area contributed by atoms with E-state index >= 15 is 0 Å². The lowest BCUT2D eigenvalue weighted by Gasteiger charge is -2.09. The Labute approximate surface area is 118 Å². The van der Waals surface area contributed by atoms with Gasteiger partial charge in [0.05, 0.1) is 0 Å². The van der Waals surface area contributed by atoms with Crippen LogP contribution in [0, 0.1) is 5.92 Å². The molecule has 0 saturated carbocycles. The van der Waals surface area contributed by atoms with Crippen molar-refractivity contribution in [3.8, 4) is 0 Å². The minimum absolute atomic E-state index is 0.0877. The van der Waals surface area contributed by atoms with Gasteiger partial charge >= 0.3 is 0 Å². The van der Waals surface area contributed by atoms with Crippen molar-refractivity contribution in [2.75, 3.05) is 5.32 Å². The van der Waals surface area contributed by atoms with Crippen LogP contribution in [0.5, 0.6) is 0 Å². The van der Waals surface area contributed by atoms with Gasteiger partial charge in [-0.1, -0.05) is 48.8 Å². The van der Waals surface area contributed by atoms with Gasteiger partial charge in [-0.05, 0) is 36.5 Å². The molecule has 0 aliphatic rings. The molecule has 0 aliphatic carbocycles. The zero-order valence-electron chi connectivity index (χ0n) is 11.4. The number of carbonyl (C=O) groups excluding carboxylic acids is 1. The lowest BCUT2D eigenvalue weighted by atomic mass is 10.1. The summed E-state index contributed by atoms with van der Waals surface area (Å²) in [5.41, 5.74) is 2.17. The largest absolute Gasteiger partial charge is 0.326 e. The Bertz CT molecular complexity index is 373. The fourth-order valence-corrected chi connectivity index (χ4v) is 2.08. The van der Waals surface area contributed by atoms with Gasteiger partial charge in [-0.3, -0.25) is 4.79 Å². The van der Waals surface area contributed by atoms with Gasteiger partial charge in [-0.15, -0.1) is 0 Å². The van der Waals surface area contributed by atoms with Crippen LogP contribution in [0.25, 0.3) is 0 Å². The molecule has 0 fully saturated rings. The maximum Gasteiger partial charge on any atom is 0.224 e. The summed E-state index contributed by atoms with van der Waals surface area (Å²) in [6.45, 7) is 6.26. The summed E-state index contributed by atoms with van der Waals surface area (Å²) in [6.07, 6.45) is 2.71. The van der Waals surface area contributed by atoms with Crippen LogP contribution in [0.4, 0.5) is 5.69 Å². The van der Waals surface area contributed by atoms with Gasteiger partial charge < -0.3 is 5.32 Å². The highest BCUT2D eigenvalue weighted by Crippen LogP contribution is 2.16. The molecule has 100 valence electrons. The second kappa shape index (κ2) is 7.57. The molecule has 0 aliphatic heterocycles. The minimum Gasteiger partial charge on any atom is -0.326 e. The van der Waals surface area contributed by atoms with E-state index in [1.54, 1.807) is 0 Å². The number of alkyl halides is 1. The van der Waals surface area contributed by atoms with E-state index in [1.165, 1.54) is 5.56 Å². The molecule has 1 aromatic carbocycles. The number of nitrogens with one attached hydrogen (secondary N) is 1. The zero-order valence-corrected chi connectivity index (χ0v) is 13.0. The highest BCUT2D eigenvalue weighted by atomic mass is 79.9. The van der Waals surface area contributed by atoms with Crippen molar-refractivity contribution in [3.63, 3.8) is 0 Å². The quantitative estimate of drug-likeness (QED) is 0.776.